The maximum absolute atomic E-state index is 12.8. The first-order valence-electron chi connectivity index (χ1n) is 11.2. The first-order chi connectivity index (χ1) is 14.8. The molecule has 9 heteroatoms. The highest BCUT2D eigenvalue weighted by atomic mass is 32.2. The summed E-state index contributed by atoms with van der Waals surface area (Å²) in [4.78, 5) is 27.1. The zero-order valence-corrected chi connectivity index (χ0v) is 19.5. The molecule has 1 fully saturated rings. The number of aryl methyl sites for hydroxylation is 1. The molecule has 31 heavy (non-hydrogen) atoms. The summed E-state index contributed by atoms with van der Waals surface area (Å²) in [7, 11) is -3.59. The second kappa shape index (κ2) is 9.99. The third-order valence-electron chi connectivity index (χ3n) is 6.26. The van der Waals surface area contributed by atoms with Crippen LogP contribution in [0.1, 0.15) is 52.9 Å². The number of aromatic nitrogens is 1. The Labute approximate surface area is 183 Å². The van der Waals surface area contributed by atoms with E-state index in [1.54, 1.807) is 6.07 Å². The number of oxazole rings is 1. The number of fused-ring (bicyclic) bond motifs is 1. The number of benzene rings is 1. The summed E-state index contributed by atoms with van der Waals surface area (Å²) < 4.78 is 33.7. The van der Waals surface area contributed by atoms with Crippen molar-refractivity contribution in [1.82, 2.24) is 13.8 Å². The molecule has 1 amide bonds. The summed E-state index contributed by atoms with van der Waals surface area (Å²) in [6.45, 7) is 8.79. The molecule has 0 saturated carbocycles. The lowest BCUT2D eigenvalue weighted by atomic mass is 10.0. The zero-order valence-electron chi connectivity index (χ0n) is 18.7. The maximum atomic E-state index is 12.8. The standard InChI is InChI=1S/C22H33N3O5S/c1-4-17(5-2)16-23(6-3)21(26)11-14-25-19-10-9-18(15-20(19)30-22(25)27)31(28,29)24-12-7-8-13-24/h9-10,15,17H,4-8,11-14,16H2,1-3H3. The molecule has 0 N–H and O–H groups in total. The minimum Gasteiger partial charge on any atom is -0.408 e. The van der Waals surface area contributed by atoms with E-state index in [1.165, 1.54) is 21.0 Å². The average Bonchev–Trinajstić information content (AvgIpc) is 3.40. The first kappa shape index (κ1) is 23.5. The number of carbonyl (C=O) groups excluding carboxylic acids is 1. The number of carbonyl (C=O) groups is 1. The van der Waals surface area contributed by atoms with Crippen molar-refractivity contribution in [2.75, 3.05) is 26.2 Å². The number of hydrogen-bond donors (Lipinski definition) is 0. The predicted octanol–water partition coefficient (Wildman–Crippen LogP) is 3.05. The summed E-state index contributed by atoms with van der Waals surface area (Å²) in [6.07, 6.45) is 3.94. The van der Waals surface area contributed by atoms with Gasteiger partial charge in [0.05, 0.1) is 10.4 Å². The van der Waals surface area contributed by atoms with E-state index in [0.717, 1.165) is 32.2 Å². The van der Waals surface area contributed by atoms with Crippen LogP contribution in [0.15, 0.2) is 32.3 Å². The van der Waals surface area contributed by atoms with Gasteiger partial charge in [0.15, 0.2) is 5.58 Å². The van der Waals surface area contributed by atoms with Crippen molar-refractivity contribution >= 4 is 27.0 Å². The van der Waals surface area contributed by atoms with E-state index in [0.29, 0.717) is 31.1 Å². The lowest BCUT2D eigenvalue weighted by Crippen LogP contribution is -2.36. The normalized spacial score (nSPS) is 15.2. The quantitative estimate of drug-likeness (QED) is 0.554. The van der Waals surface area contributed by atoms with Crippen LogP contribution in [0.2, 0.25) is 0 Å². The van der Waals surface area contributed by atoms with Crippen molar-refractivity contribution in [2.45, 2.75) is 64.3 Å². The fourth-order valence-electron chi connectivity index (χ4n) is 4.13. The Morgan fingerprint density at radius 1 is 1.16 bits per heavy atom. The van der Waals surface area contributed by atoms with Crippen molar-refractivity contribution in [3.8, 4) is 0 Å². The Morgan fingerprint density at radius 2 is 1.84 bits per heavy atom. The molecule has 0 atom stereocenters. The molecule has 0 bridgehead atoms. The van der Waals surface area contributed by atoms with E-state index in [1.807, 2.05) is 11.8 Å². The van der Waals surface area contributed by atoms with Gasteiger partial charge in [-0.05, 0) is 37.8 Å². The van der Waals surface area contributed by atoms with Gasteiger partial charge in [-0.1, -0.05) is 26.7 Å². The molecular formula is C22H33N3O5S. The Hall–Kier alpha value is -2.13. The smallest absolute Gasteiger partial charge is 0.408 e. The third kappa shape index (κ3) is 5.03. The highest BCUT2D eigenvalue weighted by Crippen LogP contribution is 2.24. The summed E-state index contributed by atoms with van der Waals surface area (Å²) in [5, 5.41) is 0. The van der Waals surface area contributed by atoms with Crippen LogP contribution in [0.3, 0.4) is 0 Å². The van der Waals surface area contributed by atoms with Crippen LogP contribution in [-0.4, -0.2) is 54.3 Å². The molecule has 172 valence electrons. The van der Waals surface area contributed by atoms with E-state index in [-0.39, 0.29) is 29.4 Å². The molecular weight excluding hydrogens is 418 g/mol. The lowest BCUT2D eigenvalue weighted by Gasteiger charge is -2.25. The van der Waals surface area contributed by atoms with E-state index in [4.69, 9.17) is 4.42 Å². The highest BCUT2D eigenvalue weighted by Gasteiger charge is 2.28. The van der Waals surface area contributed by atoms with Crippen molar-refractivity contribution in [3.05, 3.63) is 28.7 Å². The fraction of sp³-hybridized carbons (Fsp3) is 0.636. The Morgan fingerprint density at radius 3 is 2.45 bits per heavy atom. The van der Waals surface area contributed by atoms with Crippen molar-refractivity contribution in [3.63, 3.8) is 0 Å². The summed E-state index contributed by atoms with van der Waals surface area (Å²) in [6, 6.07) is 4.51. The summed E-state index contributed by atoms with van der Waals surface area (Å²) in [5.74, 6) is -0.109. The summed E-state index contributed by atoms with van der Waals surface area (Å²) >= 11 is 0. The first-order valence-corrected chi connectivity index (χ1v) is 12.7. The molecule has 3 rings (SSSR count). The van der Waals surface area contributed by atoms with Crippen LogP contribution in [0.25, 0.3) is 11.1 Å². The number of nitrogens with zero attached hydrogens (tertiary/aromatic N) is 3. The topological polar surface area (TPSA) is 92.8 Å². The lowest BCUT2D eigenvalue weighted by molar-refractivity contribution is -0.131. The molecule has 0 unspecified atom stereocenters. The number of sulfonamides is 1. The number of hydrogen-bond acceptors (Lipinski definition) is 5. The van der Waals surface area contributed by atoms with Gasteiger partial charge in [0, 0.05) is 45.2 Å². The van der Waals surface area contributed by atoms with Gasteiger partial charge in [0.25, 0.3) is 0 Å². The van der Waals surface area contributed by atoms with Crippen LogP contribution in [0.4, 0.5) is 0 Å². The van der Waals surface area contributed by atoms with Gasteiger partial charge in [-0.3, -0.25) is 9.36 Å². The monoisotopic (exact) mass is 451 g/mol. The van der Waals surface area contributed by atoms with Gasteiger partial charge >= 0.3 is 5.76 Å². The Kier molecular flexibility index (Phi) is 7.59. The molecule has 1 saturated heterocycles. The van der Waals surface area contributed by atoms with E-state index in [9.17, 15) is 18.0 Å². The van der Waals surface area contributed by atoms with Gasteiger partial charge in [-0.25, -0.2) is 13.2 Å². The molecule has 0 spiro atoms. The largest absolute Gasteiger partial charge is 0.419 e. The molecule has 1 aromatic carbocycles. The van der Waals surface area contributed by atoms with E-state index < -0.39 is 15.8 Å². The van der Waals surface area contributed by atoms with Gasteiger partial charge in [-0.2, -0.15) is 4.31 Å². The Balaban J connectivity index is 1.76. The molecule has 1 aromatic heterocycles. The van der Waals surface area contributed by atoms with Crippen LogP contribution in [-0.2, 0) is 21.4 Å². The fourth-order valence-corrected chi connectivity index (χ4v) is 5.66. The van der Waals surface area contributed by atoms with E-state index in [2.05, 4.69) is 13.8 Å². The average molecular weight is 452 g/mol. The van der Waals surface area contributed by atoms with Crippen LogP contribution >= 0.6 is 0 Å². The van der Waals surface area contributed by atoms with Crippen LogP contribution < -0.4 is 5.76 Å². The predicted molar refractivity (Wildman–Crippen MR) is 119 cm³/mol. The maximum Gasteiger partial charge on any atom is 0.419 e. The number of amides is 1. The Bertz CT molecular complexity index is 1060. The van der Waals surface area contributed by atoms with E-state index >= 15 is 0 Å². The second-order valence-electron chi connectivity index (χ2n) is 8.13. The van der Waals surface area contributed by atoms with Gasteiger partial charge in [0.2, 0.25) is 15.9 Å². The molecule has 0 radical (unpaired) electrons. The minimum atomic E-state index is -3.59. The van der Waals surface area contributed by atoms with Crippen LogP contribution in [0, 0.1) is 5.92 Å². The van der Waals surface area contributed by atoms with Gasteiger partial charge in [0.1, 0.15) is 0 Å². The molecule has 2 heterocycles. The molecule has 1 aliphatic rings. The third-order valence-corrected chi connectivity index (χ3v) is 8.15. The zero-order chi connectivity index (χ0) is 22.6. The summed E-state index contributed by atoms with van der Waals surface area (Å²) in [5.41, 5.74) is 0.725. The minimum absolute atomic E-state index is 0.00359. The van der Waals surface area contributed by atoms with Crippen molar-refractivity contribution in [2.24, 2.45) is 5.92 Å². The van der Waals surface area contributed by atoms with Crippen LogP contribution in [0.5, 0.6) is 0 Å². The van der Waals surface area contributed by atoms with Crippen molar-refractivity contribution in [1.29, 1.82) is 0 Å². The molecule has 2 aromatic rings. The van der Waals surface area contributed by atoms with Gasteiger partial charge < -0.3 is 9.32 Å². The van der Waals surface area contributed by atoms with Gasteiger partial charge in [-0.15, -0.1) is 0 Å². The molecule has 0 aliphatic carbocycles. The molecule has 1 aliphatic heterocycles. The molecule has 8 nitrogen and oxygen atoms in total. The second-order valence-corrected chi connectivity index (χ2v) is 10.1. The highest BCUT2D eigenvalue weighted by molar-refractivity contribution is 7.89. The number of rotatable bonds is 10. The van der Waals surface area contributed by atoms with Crippen molar-refractivity contribution < 1.29 is 17.6 Å². The SMILES string of the molecule is CCC(CC)CN(CC)C(=O)CCn1c(=O)oc2cc(S(=O)(=O)N3CCCC3)ccc21.